The smallest absolute Gasteiger partial charge is 0.266 e. The Morgan fingerprint density at radius 3 is 2.52 bits per heavy atom. The minimum absolute atomic E-state index is 0.0949. The van der Waals surface area contributed by atoms with Crippen molar-refractivity contribution in [3.63, 3.8) is 0 Å². The fourth-order valence-corrected chi connectivity index (χ4v) is 1.62. The highest BCUT2D eigenvalue weighted by molar-refractivity contribution is 5.94. The lowest BCUT2D eigenvalue weighted by Gasteiger charge is -2.15. The minimum atomic E-state index is -0.736. The Balaban J connectivity index is 1.97. The van der Waals surface area contributed by atoms with Crippen LogP contribution in [0.15, 0.2) is 42.6 Å². The molecule has 0 aliphatic carbocycles. The first-order chi connectivity index (χ1) is 10.1. The average molecular weight is 288 g/mol. The van der Waals surface area contributed by atoms with Crippen LogP contribution in [0.1, 0.15) is 6.92 Å². The van der Waals surface area contributed by atoms with Crippen molar-refractivity contribution in [1.82, 2.24) is 4.98 Å². The summed E-state index contributed by atoms with van der Waals surface area (Å²) < 4.78 is 10.6. The molecule has 1 amide bonds. The first-order valence-electron chi connectivity index (χ1n) is 6.35. The van der Waals surface area contributed by atoms with Crippen molar-refractivity contribution in [2.45, 2.75) is 13.0 Å². The van der Waals surface area contributed by atoms with Crippen molar-refractivity contribution in [3.8, 4) is 17.2 Å². The minimum Gasteiger partial charge on any atom is -0.504 e. The van der Waals surface area contributed by atoms with Crippen LogP contribution in [0.2, 0.25) is 0 Å². The van der Waals surface area contributed by atoms with Crippen molar-refractivity contribution in [1.29, 1.82) is 0 Å². The number of aromatic nitrogens is 1. The van der Waals surface area contributed by atoms with Gasteiger partial charge in [-0.05, 0) is 43.3 Å². The number of ether oxygens (including phenoxy) is 2. The van der Waals surface area contributed by atoms with Crippen LogP contribution >= 0.6 is 0 Å². The summed E-state index contributed by atoms with van der Waals surface area (Å²) in [5.74, 6) is 0.858. The van der Waals surface area contributed by atoms with Crippen molar-refractivity contribution >= 4 is 11.7 Å². The predicted molar refractivity (Wildman–Crippen MR) is 77.6 cm³/mol. The Hall–Kier alpha value is -2.76. The largest absolute Gasteiger partial charge is 0.504 e. The molecular formula is C15H16N2O4. The van der Waals surface area contributed by atoms with E-state index >= 15 is 0 Å². The van der Waals surface area contributed by atoms with E-state index in [1.165, 1.54) is 12.3 Å². The van der Waals surface area contributed by atoms with Crippen molar-refractivity contribution < 1.29 is 19.4 Å². The molecule has 0 bridgehead atoms. The van der Waals surface area contributed by atoms with E-state index in [9.17, 15) is 9.90 Å². The summed E-state index contributed by atoms with van der Waals surface area (Å²) in [6.07, 6.45) is 0.740. The summed E-state index contributed by atoms with van der Waals surface area (Å²) in [6, 6.07) is 9.91. The van der Waals surface area contributed by atoms with Crippen LogP contribution in [0, 0.1) is 0 Å². The van der Waals surface area contributed by atoms with Gasteiger partial charge in [-0.3, -0.25) is 4.79 Å². The summed E-state index contributed by atoms with van der Waals surface area (Å²) >= 11 is 0. The maximum Gasteiger partial charge on any atom is 0.266 e. The van der Waals surface area contributed by atoms with Gasteiger partial charge in [0, 0.05) is 6.20 Å². The summed E-state index contributed by atoms with van der Waals surface area (Å²) in [5, 5.41) is 12.1. The predicted octanol–water partition coefficient (Wildman–Crippen LogP) is 2.20. The summed E-state index contributed by atoms with van der Waals surface area (Å²) in [4.78, 5) is 15.9. The molecule has 6 heteroatoms. The normalized spacial score (nSPS) is 11.5. The molecule has 21 heavy (non-hydrogen) atoms. The van der Waals surface area contributed by atoms with Crippen molar-refractivity contribution in [2.75, 3.05) is 12.4 Å². The van der Waals surface area contributed by atoms with Crippen molar-refractivity contribution in [2.24, 2.45) is 0 Å². The third-order valence-electron chi connectivity index (χ3n) is 2.77. The molecule has 1 atom stereocenters. The number of anilines is 1. The number of amides is 1. The molecule has 0 saturated carbocycles. The van der Waals surface area contributed by atoms with E-state index in [2.05, 4.69) is 10.3 Å². The number of hydrogen-bond donors (Lipinski definition) is 2. The molecular weight excluding hydrogens is 272 g/mol. The molecule has 110 valence electrons. The standard InChI is InChI=1S/C15H16N2O4/c1-10(21-12-7-5-11(20-2)6-8-12)15(19)17-14-13(18)4-3-9-16-14/h3-10,18H,1-2H3,(H,16,17,19). The summed E-state index contributed by atoms with van der Waals surface area (Å²) in [7, 11) is 1.57. The van der Waals surface area contributed by atoms with Gasteiger partial charge in [-0.25, -0.2) is 4.98 Å². The molecule has 0 spiro atoms. The van der Waals surface area contributed by atoms with E-state index in [1.807, 2.05) is 0 Å². The Kier molecular flexibility index (Phi) is 4.61. The number of nitrogens with one attached hydrogen (secondary N) is 1. The van der Waals surface area contributed by atoms with Crippen LogP contribution in [0.5, 0.6) is 17.2 Å². The summed E-state index contributed by atoms with van der Waals surface area (Å²) in [6.45, 7) is 1.61. The van der Waals surface area contributed by atoms with Crippen LogP contribution < -0.4 is 14.8 Å². The number of methoxy groups -OCH3 is 1. The van der Waals surface area contributed by atoms with Crippen LogP contribution in [0.25, 0.3) is 0 Å². The van der Waals surface area contributed by atoms with Crippen LogP contribution in [0.3, 0.4) is 0 Å². The molecule has 0 fully saturated rings. The zero-order chi connectivity index (χ0) is 15.2. The average Bonchev–Trinajstić information content (AvgIpc) is 2.50. The fourth-order valence-electron chi connectivity index (χ4n) is 1.62. The maximum atomic E-state index is 12.0. The van der Waals surface area contributed by atoms with Gasteiger partial charge in [0.25, 0.3) is 5.91 Å². The van der Waals surface area contributed by atoms with Gasteiger partial charge in [0.2, 0.25) is 0 Å². The second-order valence-electron chi connectivity index (χ2n) is 4.30. The summed E-state index contributed by atoms with van der Waals surface area (Å²) in [5.41, 5.74) is 0. The van der Waals surface area contributed by atoms with Gasteiger partial charge in [-0.15, -0.1) is 0 Å². The van der Waals surface area contributed by atoms with E-state index in [-0.39, 0.29) is 11.6 Å². The SMILES string of the molecule is COc1ccc(OC(C)C(=O)Nc2ncccc2O)cc1. The number of aromatic hydroxyl groups is 1. The van der Waals surface area contributed by atoms with Gasteiger partial charge < -0.3 is 19.9 Å². The van der Waals surface area contributed by atoms with Gasteiger partial charge >= 0.3 is 0 Å². The first-order valence-corrected chi connectivity index (χ1v) is 6.35. The molecule has 6 nitrogen and oxygen atoms in total. The monoisotopic (exact) mass is 288 g/mol. The van der Waals surface area contributed by atoms with Crippen LogP contribution in [-0.2, 0) is 4.79 Å². The van der Waals surface area contributed by atoms with Crippen molar-refractivity contribution in [3.05, 3.63) is 42.6 Å². The highest BCUT2D eigenvalue weighted by atomic mass is 16.5. The molecule has 2 aromatic rings. The quantitative estimate of drug-likeness (QED) is 0.881. The molecule has 2 rings (SSSR count). The molecule has 2 N–H and O–H groups in total. The molecule has 0 aliphatic rings. The van der Waals surface area contributed by atoms with Gasteiger partial charge in [0.15, 0.2) is 17.7 Å². The van der Waals surface area contributed by atoms with Gasteiger partial charge in [0.1, 0.15) is 11.5 Å². The lowest BCUT2D eigenvalue weighted by Crippen LogP contribution is -2.30. The number of hydrogen-bond acceptors (Lipinski definition) is 5. The Labute approximate surface area is 122 Å². The lowest BCUT2D eigenvalue weighted by molar-refractivity contribution is -0.122. The highest BCUT2D eigenvalue weighted by Gasteiger charge is 2.16. The molecule has 0 saturated heterocycles. The topological polar surface area (TPSA) is 80.7 Å². The second-order valence-corrected chi connectivity index (χ2v) is 4.30. The van der Waals surface area contributed by atoms with E-state index < -0.39 is 12.0 Å². The van der Waals surface area contributed by atoms with Crippen LogP contribution in [-0.4, -0.2) is 29.2 Å². The van der Waals surface area contributed by atoms with E-state index in [4.69, 9.17) is 9.47 Å². The van der Waals surface area contributed by atoms with E-state index in [0.29, 0.717) is 11.5 Å². The molecule has 0 aliphatic heterocycles. The lowest BCUT2D eigenvalue weighted by atomic mass is 10.3. The molecule has 1 aromatic heterocycles. The fraction of sp³-hybridized carbons (Fsp3) is 0.200. The van der Waals surface area contributed by atoms with E-state index in [0.717, 1.165) is 0 Å². The number of rotatable bonds is 5. The van der Waals surface area contributed by atoms with Gasteiger partial charge in [0.05, 0.1) is 7.11 Å². The zero-order valence-corrected chi connectivity index (χ0v) is 11.7. The Morgan fingerprint density at radius 1 is 1.24 bits per heavy atom. The highest BCUT2D eigenvalue weighted by Crippen LogP contribution is 2.20. The number of pyridine rings is 1. The third kappa shape index (κ3) is 3.85. The maximum absolute atomic E-state index is 12.0. The second kappa shape index (κ2) is 6.60. The van der Waals surface area contributed by atoms with Crippen LogP contribution in [0.4, 0.5) is 5.82 Å². The van der Waals surface area contributed by atoms with Gasteiger partial charge in [-0.2, -0.15) is 0 Å². The molecule has 1 unspecified atom stereocenters. The number of carbonyl (C=O) groups excluding carboxylic acids is 1. The Morgan fingerprint density at radius 2 is 1.90 bits per heavy atom. The third-order valence-corrected chi connectivity index (χ3v) is 2.77. The van der Waals surface area contributed by atoms with E-state index in [1.54, 1.807) is 44.4 Å². The molecule has 0 radical (unpaired) electrons. The molecule has 1 heterocycles. The Bertz CT molecular complexity index is 613. The first kappa shape index (κ1) is 14.6. The number of nitrogens with zero attached hydrogens (tertiary/aromatic N) is 1. The molecule has 1 aromatic carbocycles. The zero-order valence-electron chi connectivity index (χ0n) is 11.7. The van der Waals surface area contributed by atoms with Gasteiger partial charge in [-0.1, -0.05) is 0 Å². The number of carbonyl (C=O) groups is 1. The number of benzene rings is 1.